The third kappa shape index (κ3) is 6.17. The monoisotopic (exact) mass is 503 g/mol. The number of halogens is 1. The molecule has 1 atom stereocenters. The molecule has 0 aliphatic carbocycles. The molecule has 0 radical (unpaired) electrons. The zero-order valence-corrected chi connectivity index (χ0v) is 20.7. The summed E-state index contributed by atoms with van der Waals surface area (Å²) >= 11 is 6.29. The van der Waals surface area contributed by atoms with Crippen molar-refractivity contribution < 1.29 is 19.2 Å². The predicted molar refractivity (Wildman–Crippen MR) is 137 cm³/mol. The molecule has 2 N–H and O–H groups in total. The normalized spacial score (nSPS) is 11.8. The summed E-state index contributed by atoms with van der Waals surface area (Å²) in [5.41, 5.74) is 5.70. The van der Waals surface area contributed by atoms with Gasteiger partial charge in [0.2, 0.25) is 11.7 Å². The first-order chi connectivity index (χ1) is 17.3. The Morgan fingerprint density at radius 3 is 2.50 bits per heavy atom. The van der Waals surface area contributed by atoms with Crippen LogP contribution in [0.15, 0.2) is 71.3 Å². The smallest absolute Gasteiger partial charge is 0.305 e. The minimum Gasteiger partial charge on any atom is -0.481 e. The van der Waals surface area contributed by atoms with Crippen molar-refractivity contribution in [2.45, 2.75) is 32.6 Å². The second-order valence-corrected chi connectivity index (χ2v) is 9.10. The Morgan fingerprint density at radius 2 is 1.81 bits per heavy atom. The number of aliphatic carboxylic acids is 1. The molecule has 1 aromatic heterocycles. The van der Waals surface area contributed by atoms with E-state index >= 15 is 0 Å². The fourth-order valence-electron chi connectivity index (χ4n) is 3.89. The molecule has 4 rings (SSSR count). The predicted octanol–water partition coefficient (Wildman–Crippen LogP) is 5.59. The summed E-state index contributed by atoms with van der Waals surface area (Å²) in [5.74, 6) is -0.611. The van der Waals surface area contributed by atoms with Crippen LogP contribution >= 0.6 is 11.6 Å². The van der Waals surface area contributed by atoms with Crippen molar-refractivity contribution in [3.8, 4) is 11.4 Å². The number of carbonyl (C=O) groups is 2. The third-order valence-electron chi connectivity index (χ3n) is 6.03. The Kier molecular flexibility index (Phi) is 7.80. The summed E-state index contributed by atoms with van der Waals surface area (Å²) in [6.07, 6.45) is 0.532. The van der Waals surface area contributed by atoms with Gasteiger partial charge in [-0.1, -0.05) is 59.2 Å². The number of nitrogens with zero attached hydrogens (tertiary/aromatic N) is 2. The third-order valence-corrected chi connectivity index (χ3v) is 6.27. The number of carboxylic acid groups (broad SMARTS) is 1. The van der Waals surface area contributed by atoms with Crippen LogP contribution in [0.4, 0.5) is 0 Å². The number of nitrogens with one attached hydrogen (secondary N) is 1. The largest absolute Gasteiger partial charge is 0.481 e. The van der Waals surface area contributed by atoms with Gasteiger partial charge in [-0.3, -0.25) is 9.59 Å². The second kappa shape index (κ2) is 11.2. The highest BCUT2D eigenvalue weighted by Crippen LogP contribution is 2.31. The number of hydrogen-bond acceptors (Lipinski definition) is 5. The van der Waals surface area contributed by atoms with E-state index in [1.54, 1.807) is 24.3 Å². The summed E-state index contributed by atoms with van der Waals surface area (Å²) in [5, 5.41) is 16.1. The Labute approximate surface area is 214 Å². The van der Waals surface area contributed by atoms with Gasteiger partial charge in [0.25, 0.3) is 5.91 Å². The van der Waals surface area contributed by atoms with Crippen molar-refractivity contribution in [3.05, 3.63) is 105 Å². The molecule has 8 heteroatoms. The van der Waals surface area contributed by atoms with Gasteiger partial charge in [-0.05, 0) is 66.8 Å². The molecule has 1 heterocycles. The summed E-state index contributed by atoms with van der Waals surface area (Å²) in [7, 11) is 0. The number of rotatable bonds is 9. The Balaban J connectivity index is 1.57. The van der Waals surface area contributed by atoms with Crippen LogP contribution in [0.25, 0.3) is 11.4 Å². The molecular formula is C28H26ClN3O4. The van der Waals surface area contributed by atoms with E-state index in [2.05, 4.69) is 47.5 Å². The quantitative estimate of drug-likeness (QED) is 0.308. The zero-order valence-electron chi connectivity index (χ0n) is 20.0. The highest BCUT2D eigenvalue weighted by molar-refractivity contribution is 6.30. The minimum absolute atomic E-state index is 0.0650. The van der Waals surface area contributed by atoms with E-state index in [1.807, 2.05) is 24.3 Å². The van der Waals surface area contributed by atoms with E-state index in [0.29, 0.717) is 34.3 Å². The van der Waals surface area contributed by atoms with Crippen LogP contribution in [0.5, 0.6) is 0 Å². The topological polar surface area (TPSA) is 105 Å². The minimum atomic E-state index is -0.966. The highest BCUT2D eigenvalue weighted by Gasteiger charge is 2.23. The van der Waals surface area contributed by atoms with Crippen molar-refractivity contribution in [2.24, 2.45) is 0 Å². The molecule has 184 valence electrons. The maximum atomic E-state index is 12.2. The van der Waals surface area contributed by atoms with E-state index in [1.165, 1.54) is 11.1 Å². The van der Waals surface area contributed by atoms with E-state index in [9.17, 15) is 9.59 Å². The van der Waals surface area contributed by atoms with Gasteiger partial charge in [0.15, 0.2) is 0 Å². The van der Waals surface area contributed by atoms with Gasteiger partial charge in [-0.25, -0.2) is 0 Å². The maximum absolute atomic E-state index is 12.2. The SMILES string of the molecule is Cc1ccc(CC(c2cccc(Cl)c2)c2nc(-c3ccc(C(=O)NCCC(=O)O)cc3)no2)cc1C. The molecule has 3 aromatic carbocycles. The highest BCUT2D eigenvalue weighted by atomic mass is 35.5. The number of aryl methyl sites for hydroxylation is 2. The fourth-order valence-corrected chi connectivity index (χ4v) is 4.09. The summed E-state index contributed by atoms with van der Waals surface area (Å²) in [6.45, 7) is 4.24. The number of aromatic nitrogens is 2. The maximum Gasteiger partial charge on any atom is 0.305 e. The first-order valence-corrected chi connectivity index (χ1v) is 11.9. The van der Waals surface area contributed by atoms with Crippen molar-refractivity contribution in [3.63, 3.8) is 0 Å². The van der Waals surface area contributed by atoms with Gasteiger partial charge < -0.3 is 14.9 Å². The van der Waals surface area contributed by atoms with E-state index in [4.69, 9.17) is 21.2 Å². The van der Waals surface area contributed by atoms with E-state index in [-0.39, 0.29) is 24.8 Å². The van der Waals surface area contributed by atoms with Gasteiger partial charge in [0, 0.05) is 22.7 Å². The van der Waals surface area contributed by atoms with Crippen LogP contribution in [-0.4, -0.2) is 33.7 Å². The molecule has 1 unspecified atom stereocenters. The molecule has 7 nitrogen and oxygen atoms in total. The lowest BCUT2D eigenvalue weighted by atomic mass is 9.90. The number of carboxylic acids is 1. The van der Waals surface area contributed by atoms with Crippen LogP contribution in [0.1, 0.15) is 50.8 Å². The molecule has 0 saturated carbocycles. The van der Waals surface area contributed by atoms with Crippen LogP contribution in [0.2, 0.25) is 5.02 Å². The Bertz CT molecular complexity index is 1380. The van der Waals surface area contributed by atoms with Gasteiger partial charge in [0.05, 0.1) is 12.3 Å². The summed E-state index contributed by atoms with van der Waals surface area (Å²) in [4.78, 5) is 27.5. The van der Waals surface area contributed by atoms with Crippen LogP contribution in [-0.2, 0) is 11.2 Å². The number of benzene rings is 3. The van der Waals surface area contributed by atoms with Crippen LogP contribution in [0.3, 0.4) is 0 Å². The van der Waals surface area contributed by atoms with E-state index < -0.39 is 5.97 Å². The van der Waals surface area contributed by atoms with Gasteiger partial charge in [-0.15, -0.1) is 0 Å². The molecule has 0 aliphatic heterocycles. The van der Waals surface area contributed by atoms with Gasteiger partial charge in [0.1, 0.15) is 0 Å². The molecule has 36 heavy (non-hydrogen) atoms. The summed E-state index contributed by atoms with van der Waals surface area (Å²) in [6, 6.07) is 20.8. The molecular weight excluding hydrogens is 478 g/mol. The van der Waals surface area contributed by atoms with Crippen molar-refractivity contribution in [2.75, 3.05) is 6.54 Å². The molecule has 0 saturated heterocycles. The lowest BCUT2D eigenvalue weighted by Crippen LogP contribution is -2.25. The Hall–Kier alpha value is -3.97. The molecule has 0 aliphatic rings. The van der Waals surface area contributed by atoms with Crippen molar-refractivity contribution in [1.29, 1.82) is 0 Å². The van der Waals surface area contributed by atoms with Crippen LogP contribution in [0, 0.1) is 13.8 Å². The fraction of sp³-hybridized carbons (Fsp3) is 0.214. The first kappa shape index (κ1) is 25.1. The molecule has 4 aromatic rings. The number of carbonyl (C=O) groups excluding carboxylic acids is 1. The second-order valence-electron chi connectivity index (χ2n) is 8.66. The lowest BCUT2D eigenvalue weighted by molar-refractivity contribution is -0.136. The molecule has 0 fully saturated rings. The molecule has 1 amide bonds. The van der Waals surface area contributed by atoms with E-state index in [0.717, 1.165) is 11.1 Å². The number of amides is 1. The van der Waals surface area contributed by atoms with Crippen molar-refractivity contribution >= 4 is 23.5 Å². The van der Waals surface area contributed by atoms with Crippen molar-refractivity contribution in [1.82, 2.24) is 15.5 Å². The lowest BCUT2D eigenvalue weighted by Gasteiger charge is -2.15. The standard InChI is InChI=1S/C28H26ClN3O4/c1-17-6-7-19(14-18(17)2)15-24(22-4-3-5-23(29)16-22)28-31-26(32-36-28)20-8-10-21(11-9-20)27(35)30-13-12-25(33)34/h3-11,14,16,24H,12-13,15H2,1-2H3,(H,30,35)(H,33,34). The zero-order chi connectivity index (χ0) is 25.7. The summed E-state index contributed by atoms with van der Waals surface area (Å²) < 4.78 is 5.72. The van der Waals surface area contributed by atoms with Crippen LogP contribution < -0.4 is 5.32 Å². The average molecular weight is 504 g/mol. The number of hydrogen-bond donors (Lipinski definition) is 2. The average Bonchev–Trinajstić information content (AvgIpc) is 3.34. The van der Waals surface area contributed by atoms with Gasteiger partial charge >= 0.3 is 5.97 Å². The first-order valence-electron chi connectivity index (χ1n) is 11.6. The molecule has 0 spiro atoms. The molecule has 0 bridgehead atoms. The Morgan fingerprint density at radius 1 is 1.03 bits per heavy atom. The van der Waals surface area contributed by atoms with Gasteiger partial charge in [-0.2, -0.15) is 4.98 Å².